The molecule has 1 heterocycles. The maximum absolute atomic E-state index is 12.3. The number of carboxylic acid groups (broad SMARTS) is 1. The number of aliphatic carboxylic acids is 1. The molecule has 0 aliphatic carbocycles. The number of hydrogen-bond acceptors (Lipinski definition) is 5. The van der Waals surface area contributed by atoms with E-state index >= 15 is 0 Å². The Morgan fingerprint density at radius 2 is 1.86 bits per heavy atom. The van der Waals surface area contributed by atoms with E-state index in [1.165, 1.54) is 7.11 Å². The van der Waals surface area contributed by atoms with Crippen molar-refractivity contribution in [3.63, 3.8) is 0 Å². The summed E-state index contributed by atoms with van der Waals surface area (Å²) < 4.78 is 10.1. The molecule has 0 radical (unpaired) electrons. The summed E-state index contributed by atoms with van der Waals surface area (Å²) in [6.45, 7) is 5.59. The smallest absolute Gasteiger partial charge is 0.326 e. The fraction of sp³-hybridized carbons (Fsp3) is 0.786. The molecule has 1 aliphatic rings. The minimum absolute atomic E-state index is 0.000358. The van der Waals surface area contributed by atoms with Crippen LogP contribution >= 0.6 is 0 Å². The van der Waals surface area contributed by atoms with Crippen LogP contribution < -0.4 is 5.32 Å². The Morgan fingerprint density at radius 1 is 1.24 bits per heavy atom. The summed E-state index contributed by atoms with van der Waals surface area (Å²) in [5, 5.41) is 11.6. The number of rotatable bonds is 6. The van der Waals surface area contributed by atoms with Crippen LogP contribution in [0.1, 0.15) is 33.6 Å². The minimum Gasteiger partial charge on any atom is -0.480 e. The van der Waals surface area contributed by atoms with Crippen molar-refractivity contribution in [1.82, 2.24) is 5.32 Å². The number of nitrogens with one attached hydrogen (secondary N) is 1. The molecule has 1 rings (SSSR count). The summed E-state index contributed by atoms with van der Waals surface area (Å²) in [5.41, 5.74) is 0. The zero-order valence-corrected chi connectivity index (χ0v) is 12.8. The van der Waals surface area contributed by atoms with Crippen molar-refractivity contribution < 1.29 is 29.0 Å². The van der Waals surface area contributed by atoms with Crippen LogP contribution in [0.25, 0.3) is 0 Å². The Hall–Kier alpha value is -1.63. The zero-order chi connectivity index (χ0) is 16.2. The number of methoxy groups -OCH3 is 1. The zero-order valence-electron chi connectivity index (χ0n) is 12.8. The van der Waals surface area contributed by atoms with E-state index in [9.17, 15) is 14.4 Å². The second-order valence-corrected chi connectivity index (χ2v) is 5.45. The van der Waals surface area contributed by atoms with Crippen molar-refractivity contribution in [3.05, 3.63) is 0 Å². The molecule has 0 bridgehead atoms. The van der Waals surface area contributed by atoms with Crippen LogP contribution in [0.3, 0.4) is 0 Å². The summed E-state index contributed by atoms with van der Waals surface area (Å²) in [6.07, 6.45) is -0.366. The lowest BCUT2D eigenvalue weighted by Crippen LogP contribution is -2.46. The van der Waals surface area contributed by atoms with Crippen LogP contribution in [0.4, 0.5) is 0 Å². The SMILES string of the molecule is COC(=O)CC[C@H](NC(=O)C1C(C)OC(C)C1C)C(=O)O. The quantitative estimate of drug-likeness (QED) is 0.695. The second kappa shape index (κ2) is 7.40. The lowest BCUT2D eigenvalue weighted by atomic mass is 9.88. The number of carbonyl (C=O) groups is 3. The standard InChI is InChI=1S/C14H23NO6/c1-7-8(2)21-9(3)12(7)13(17)15-10(14(18)19)5-6-11(16)20-4/h7-10,12H,5-6H2,1-4H3,(H,15,17)(H,18,19)/t7?,8?,9?,10-,12?/m0/s1. The van der Waals surface area contributed by atoms with Gasteiger partial charge in [-0.2, -0.15) is 0 Å². The molecule has 0 aromatic heterocycles. The monoisotopic (exact) mass is 301 g/mol. The van der Waals surface area contributed by atoms with Crippen LogP contribution in [0.5, 0.6) is 0 Å². The highest BCUT2D eigenvalue weighted by atomic mass is 16.5. The molecular weight excluding hydrogens is 278 g/mol. The molecule has 120 valence electrons. The number of hydrogen-bond donors (Lipinski definition) is 2. The fourth-order valence-electron chi connectivity index (χ4n) is 2.61. The van der Waals surface area contributed by atoms with Crippen LogP contribution in [0, 0.1) is 11.8 Å². The molecule has 5 atom stereocenters. The van der Waals surface area contributed by atoms with Crippen LogP contribution in [-0.4, -0.2) is 48.3 Å². The van der Waals surface area contributed by atoms with Gasteiger partial charge in [-0.05, 0) is 26.2 Å². The molecule has 1 amide bonds. The summed E-state index contributed by atoms with van der Waals surface area (Å²) in [5.74, 6) is -2.40. The predicted molar refractivity (Wildman–Crippen MR) is 73.5 cm³/mol. The lowest BCUT2D eigenvalue weighted by Gasteiger charge is -2.21. The number of carbonyl (C=O) groups excluding carboxylic acids is 2. The lowest BCUT2D eigenvalue weighted by molar-refractivity contribution is -0.145. The normalized spacial score (nSPS) is 29.7. The molecule has 0 aromatic rings. The maximum atomic E-state index is 12.3. The first-order valence-corrected chi connectivity index (χ1v) is 7.03. The topological polar surface area (TPSA) is 102 Å². The fourth-order valence-corrected chi connectivity index (χ4v) is 2.61. The van der Waals surface area contributed by atoms with E-state index in [1.54, 1.807) is 6.92 Å². The van der Waals surface area contributed by atoms with Gasteiger partial charge in [-0.25, -0.2) is 4.79 Å². The van der Waals surface area contributed by atoms with Gasteiger partial charge in [-0.3, -0.25) is 9.59 Å². The highest BCUT2D eigenvalue weighted by Crippen LogP contribution is 2.32. The summed E-state index contributed by atoms with van der Waals surface area (Å²) in [7, 11) is 1.23. The molecule has 0 saturated carbocycles. The van der Waals surface area contributed by atoms with Gasteiger partial charge in [0.25, 0.3) is 0 Å². The molecule has 7 nitrogen and oxygen atoms in total. The Bertz CT molecular complexity index is 410. The first kappa shape index (κ1) is 17.4. The van der Waals surface area contributed by atoms with Gasteiger partial charge in [-0.15, -0.1) is 0 Å². The highest BCUT2D eigenvalue weighted by Gasteiger charge is 2.42. The molecular formula is C14H23NO6. The van der Waals surface area contributed by atoms with Gasteiger partial charge in [-0.1, -0.05) is 6.92 Å². The van der Waals surface area contributed by atoms with Gasteiger partial charge in [0.1, 0.15) is 6.04 Å². The highest BCUT2D eigenvalue weighted by molar-refractivity contribution is 5.86. The van der Waals surface area contributed by atoms with Crippen molar-refractivity contribution in [2.45, 2.75) is 51.9 Å². The molecule has 7 heteroatoms. The molecule has 4 unspecified atom stereocenters. The Kier molecular flexibility index (Phi) is 6.14. The molecule has 0 spiro atoms. The molecule has 1 fully saturated rings. The predicted octanol–water partition coefficient (Wildman–Crippen LogP) is 0.569. The van der Waals surface area contributed by atoms with E-state index in [4.69, 9.17) is 9.84 Å². The van der Waals surface area contributed by atoms with Gasteiger partial charge < -0.3 is 19.9 Å². The summed E-state index contributed by atoms with van der Waals surface area (Å²) in [4.78, 5) is 34.5. The average molecular weight is 301 g/mol. The second-order valence-electron chi connectivity index (χ2n) is 5.45. The van der Waals surface area contributed by atoms with Gasteiger partial charge in [0.15, 0.2) is 0 Å². The Morgan fingerprint density at radius 3 is 2.29 bits per heavy atom. The number of carboxylic acids is 1. The first-order chi connectivity index (χ1) is 9.77. The number of esters is 1. The van der Waals surface area contributed by atoms with E-state index < -0.39 is 18.0 Å². The van der Waals surface area contributed by atoms with Gasteiger partial charge >= 0.3 is 11.9 Å². The van der Waals surface area contributed by atoms with Gasteiger partial charge in [0.2, 0.25) is 5.91 Å². The van der Waals surface area contributed by atoms with E-state index in [0.717, 1.165) is 0 Å². The molecule has 1 aliphatic heterocycles. The third-order valence-electron chi connectivity index (χ3n) is 4.02. The number of ether oxygens (including phenoxy) is 2. The Labute approximate surface area is 124 Å². The summed E-state index contributed by atoms with van der Waals surface area (Å²) >= 11 is 0. The summed E-state index contributed by atoms with van der Waals surface area (Å²) in [6, 6.07) is -1.10. The van der Waals surface area contributed by atoms with Crippen molar-refractivity contribution in [2.24, 2.45) is 11.8 Å². The number of amides is 1. The molecule has 21 heavy (non-hydrogen) atoms. The third-order valence-corrected chi connectivity index (χ3v) is 4.02. The first-order valence-electron chi connectivity index (χ1n) is 7.03. The van der Waals surface area contributed by atoms with Crippen molar-refractivity contribution >= 4 is 17.8 Å². The van der Waals surface area contributed by atoms with Crippen molar-refractivity contribution in [3.8, 4) is 0 Å². The van der Waals surface area contributed by atoms with Crippen molar-refractivity contribution in [2.75, 3.05) is 7.11 Å². The van der Waals surface area contributed by atoms with Crippen LogP contribution in [0.2, 0.25) is 0 Å². The van der Waals surface area contributed by atoms with Gasteiger partial charge in [0.05, 0.1) is 25.2 Å². The maximum Gasteiger partial charge on any atom is 0.326 e. The Balaban J connectivity index is 2.64. The average Bonchev–Trinajstić information content (AvgIpc) is 2.67. The molecule has 0 aromatic carbocycles. The van der Waals surface area contributed by atoms with Crippen LogP contribution in [0.15, 0.2) is 0 Å². The van der Waals surface area contributed by atoms with Crippen LogP contribution in [-0.2, 0) is 23.9 Å². The van der Waals surface area contributed by atoms with E-state index in [1.807, 2.05) is 13.8 Å². The van der Waals surface area contributed by atoms with Crippen molar-refractivity contribution in [1.29, 1.82) is 0 Å². The largest absolute Gasteiger partial charge is 0.480 e. The molecule has 2 N–H and O–H groups in total. The third kappa shape index (κ3) is 4.42. The van der Waals surface area contributed by atoms with E-state index in [-0.39, 0.29) is 42.8 Å². The van der Waals surface area contributed by atoms with E-state index in [0.29, 0.717) is 0 Å². The van der Waals surface area contributed by atoms with E-state index in [2.05, 4.69) is 10.1 Å². The van der Waals surface area contributed by atoms with Gasteiger partial charge in [0, 0.05) is 6.42 Å². The minimum atomic E-state index is -1.17. The molecule has 1 saturated heterocycles.